The summed E-state index contributed by atoms with van der Waals surface area (Å²) in [6.07, 6.45) is 0.925. The van der Waals surface area contributed by atoms with Crippen LogP contribution in [0.2, 0.25) is 0 Å². The molecule has 0 radical (unpaired) electrons. The van der Waals surface area contributed by atoms with E-state index in [4.69, 9.17) is 4.98 Å². The first-order valence-electron chi connectivity index (χ1n) is 6.91. The number of anilines is 1. The maximum absolute atomic E-state index is 4.78. The Morgan fingerprint density at radius 3 is 2.40 bits per heavy atom. The third kappa shape index (κ3) is 3.35. The van der Waals surface area contributed by atoms with Gasteiger partial charge in [0.05, 0.1) is 15.6 Å². The molecule has 0 fully saturated rings. The molecule has 0 saturated heterocycles. The van der Waals surface area contributed by atoms with Gasteiger partial charge in [-0.15, -0.1) is 21.5 Å². The molecule has 110 valence electrons. The number of nitrogens with zero attached hydrogens (tertiary/aromatic N) is 3. The van der Waals surface area contributed by atoms with Crippen LogP contribution in [0, 0.1) is 0 Å². The van der Waals surface area contributed by atoms with Crippen molar-refractivity contribution in [3.05, 3.63) is 10.7 Å². The minimum Gasteiger partial charge on any atom is -0.358 e. The van der Waals surface area contributed by atoms with Crippen molar-refractivity contribution in [2.45, 2.75) is 59.4 Å². The number of aromatic nitrogens is 3. The highest BCUT2D eigenvalue weighted by Gasteiger charge is 2.23. The zero-order valence-electron chi connectivity index (χ0n) is 12.9. The van der Waals surface area contributed by atoms with Crippen LogP contribution in [0.25, 0.3) is 9.88 Å². The lowest BCUT2D eigenvalue weighted by Gasteiger charge is -2.13. The van der Waals surface area contributed by atoms with Crippen molar-refractivity contribution in [1.29, 1.82) is 0 Å². The third-order valence-corrected chi connectivity index (χ3v) is 5.24. The molecule has 2 heterocycles. The van der Waals surface area contributed by atoms with Crippen molar-refractivity contribution in [3.8, 4) is 9.88 Å². The Hall–Kier alpha value is -1.01. The molecule has 4 nitrogen and oxygen atoms in total. The molecule has 0 spiro atoms. The first kappa shape index (κ1) is 15.4. The SMILES string of the molecule is CCc1nc(C(C)(C)C)sc1-c1nnc(NC(C)C)s1. The smallest absolute Gasteiger partial charge is 0.206 e. The predicted octanol–water partition coefficient (Wildman–Crippen LogP) is 4.34. The fourth-order valence-corrected chi connectivity index (χ4v) is 3.89. The van der Waals surface area contributed by atoms with E-state index in [9.17, 15) is 0 Å². The standard InChI is InChI=1S/C14H22N4S2/c1-7-9-10(19-12(16-9)14(4,5)6)11-17-18-13(20-11)15-8(2)3/h8H,7H2,1-6H3,(H,15,18). The molecule has 1 N–H and O–H groups in total. The van der Waals surface area contributed by atoms with E-state index in [0.717, 1.165) is 27.3 Å². The summed E-state index contributed by atoms with van der Waals surface area (Å²) in [4.78, 5) is 5.96. The molecule has 0 aromatic carbocycles. The van der Waals surface area contributed by atoms with Crippen LogP contribution in [-0.4, -0.2) is 21.2 Å². The number of rotatable bonds is 4. The lowest BCUT2D eigenvalue weighted by Crippen LogP contribution is -2.10. The van der Waals surface area contributed by atoms with E-state index in [2.05, 4.69) is 57.1 Å². The lowest BCUT2D eigenvalue weighted by atomic mass is 9.98. The molecule has 2 aromatic rings. The van der Waals surface area contributed by atoms with Crippen molar-refractivity contribution < 1.29 is 0 Å². The quantitative estimate of drug-likeness (QED) is 0.912. The molecular weight excluding hydrogens is 288 g/mol. The molecule has 0 amide bonds. The second-order valence-corrected chi connectivity index (χ2v) is 8.09. The van der Waals surface area contributed by atoms with E-state index in [1.54, 1.807) is 22.7 Å². The summed E-state index contributed by atoms with van der Waals surface area (Å²) < 4.78 is 0. The molecule has 0 unspecified atom stereocenters. The third-order valence-electron chi connectivity index (χ3n) is 2.71. The maximum Gasteiger partial charge on any atom is 0.206 e. The van der Waals surface area contributed by atoms with Gasteiger partial charge in [-0.1, -0.05) is 39.0 Å². The van der Waals surface area contributed by atoms with Gasteiger partial charge in [-0.05, 0) is 20.3 Å². The minimum atomic E-state index is 0.0799. The number of hydrogen-bond donors (Lipinski definition) is 1. The van der Waals surface area contributed by atoms with Crippen LogP contribution in [0.4, 0.5) is 5.13 Å². The van der Waals surface area contributed by atoms with E-state index >= 15 is 0 Å². The number of aryl methyl sites for hydroxylation is 1. The molecule has 6 heteroatoms. The Balaban J connectivity index is 2.36. The van der Waals surface area contributed by atoms with Crippen molar-refractivity contribution >= 4 is 27.8 Å². The Bertz CT molecular complexity index is 578. The Kier molecular flexibility index (Phi) is 4.44. The van der Waals surface area contributed by atoms with Crippen molar-refractivity contribution in [1.82, 2.24) is 15.2 Å². The Morgan fingerprint density at radius 2 is 1.85 bits per heavy atom. The van der Waals surface area contributed by atoms with Crippen LogP contribution in [-0.2, 0) is 11.8 Å². The minimum absolute atomic E-state index is 0.0799. The molecular formula is C14H22N4S2. The van der Waals surface area contributed by atoms with Crippen molar-refractivity contribution in [3.63, 3.8) is 0 Å². The molecule has 0 aliphatic rings. The van der Waals surface area contributed by atoms with Gasteiger partial charge in [-0.3, -0.25) is 0 Å². The van der Waals surface area contributed by atoms with Gasteiger partial charge in [0, 0.05) is 11.5 Å². The van der Waals surface area contributed by atoms with Gasteiger partial charge >= 0.3 is 0 Å². The molecule has 0 aliphatic carbocycles. The first-order chi connectivity index (χ1) is 9.31. The van der Waals surface area contributed by atoms with Gasteiger partial charge in [0.15, 0.2) is 5.01 Å². The summed E-state index contributed by atoms with van der Waals surface area (Å²) in [7, 11) is 0. The second kappa shape index (κ2) is 5.77. The average Bonchev–Trinajstić information content (AvgIpc) is 2.92. The van der Waals surface area contributed by atoms with Crippen molar-refractivity contribution in [2.75, 3.05) is 5.32 Å². The van der Waals surface area contributed by atoms with Gasteiger partial charge in [0.1, 0.15) is 0 Å². The summed E-state index contributed by atoms with van der Waals surface area (Å²) >= 11 is 3.35. The monoisotopic (exact) mass is 310 g/mol. The number of thiazole rings is 1. The van der Waals surface area contributed by atoms with Gasteiger partial charge in [-0.2, -0.15) is 0 Å². The van der Waals surface area contributed by atoms with E-state index in [1.165, 1.54) is 4.88 Å². The predicted molar refractivity (Wildman–Crippen MR) is 87.9 cm³/mol. The van der Waals surface area contributed by atoms with Crippen LogP contribution in [0.1, 0.15) is 52.2 Å². The zero-order chi connectivity index (χ0) is 14.9. The van der Waals surface area contributed by atoms with Crippen LogP contribution >= 0.6 is 22.7 Å². The highest BCUT2D eigenvalue weighted by atomic mass is 32.1. The van der Waals surface area contributed by atoms with Gasteiger partial charge in [-0.25, -0.2) is 4.98 Å². The van der Waals surface area contributed by atoms with E-state index in [-0.39, 0.29) is 5.41 Å². The molecule has 0 bridgehead atoms. The lowest BCUT2D eigenvalue weighted by molar-refractivity contribution is 0.583. The summed E-state index contributed by atoms with van der Waals surface area (Å²) in [6.45, 7) is 12.9. The highest BCUT2D eigenvalue weighted by Crippen LogP contribution is 2.38. The second-order valence-electron chi connectivity index (χ2n) is 6.11. The largest absolute Gasteiger partial charge is 0.358 e. The molecule has 2 aromatic heterocycles. The summed E-state index contributed by atoms with van der Waals surface area (Å²) in [6, 6.07) is 0.369. The van der Waals surface area contributed by atoms with Crippen LogP contribution < -0.4 is 5.32 Å². The van der Waals surface area contributed by atoms with E-state index in [1.807, 2.05) is 0 Å². The maximum atomic E-state index is 4.78. The van der Waals surface area contributed by atoms with Crippen molar-refractivity contribution in [2.24, 2.45) is 0 Å². The fraction of sp³-hybridized carbons (Fsp3) is 0.643. The van der Waals surface area contributed by atoms with Gasteiger partial charge < -0.3 is 5.32 Å². The topological polar surface area (TPSA) is 50.7 Å². The normalized spacial score (nSPS) is 12.2. The molecule has 2 rings (SSSR count). The first-order valence-corrected chi connectivity index (χ1v) is 8.55. The van der Waals surface area contributed by atoms with Crippen LogP contribution in [0.3, 0.4) is 0 Å². The van der Waals surface area contributed by atoms with Crippen LogP contribution in [0.15, 0.2) is 0 Å². The molecule has 0 saturated carbocycles. The molecule has 0 aliphatic heterocycles. The summed E-state index contributed by atoms with van der Waals surface area (Å²) in [5, 5.41) is 14.8. The Labute approximate surface area is 128 Å². The van der Waals surface area contributed by atoms with Crippen LogP contribution in [0.5, 0.6) is 0 Å². The van der Waals surface area contributed by atoms with Gasteiger partial charge in [0.2, 0.25) is 5.13 Å². The number of hydrogen-bond acceptors (Lipinski definition) is 6. The zero-order valence-corrected chi connectivity index (χ0v) is 14.6. The average molecular weight is 310 g/mol. The van der Waals surface area contributed by atoms with E-state index < -0.39 is 0 Å². The summed E-state index contributed by atoms with van der Waals surface area (Å²) in [5.41, 5.74) is 1.21. The fourth-order valence-electron chi connectivity index (χ4n) is 1.70. The summed E-state index contributed by atoms with van der Waals surface area (Å²) in [5.74, 6) is 0. The number of nitrogens with one attached hydrogen (secondary N) is 1. The Morgan fingerprint density at radius 1 is 1.15 bits per heavy atom. The molecule has 20 heavy (non-hydrogen) atoms. The highest BCUT2D eigenvalue weighted by molar-refractivity contribution is 7.23. The molecule has 0 atom stereocenters. The van der Waals surface area contributed by atoms with E-state index in [0.29, 0.717) is 6.04 Å². The van der Waals surface area contributed by atoms with Gasteiger partial charge in [0.25, 0.3) is 0 Å².